The Morgan fingerprint density at radius 2 is 2.07 bits per heavy atom. The molecule has 0 amide bonds. The number of hydrogen-bond acceptors (Lipinski definition) is 3. The second kappa shape index (κ2) is 3.77. The normalized spacial score (nSPS) is 27.1. The maximum absolute atomic E-state index is 11.5. The summed E-state index contributed by atoms with van der Waals surface area (Å²) in [4.78, 5) is 10.8. The van der Waals surface area contributed by atoms with E-state index in [-0.39, 0.29) is 24.3 Å². The van der Waals surface area contributed by atoms with Gasteiger partial charge in [-0.3, -0.25) is 0 Å². The van der Waals surface area contributed by atoms with Crippen LogP contribution in [0.4, 0.5) is 0 Å². The van der Waals surface area contributed by atoms with Crippen LogP contribution in [0.1, 0.15) is 11.6 Å². The molecule has 1 aliphatic heterocycles. The minimum absolute atomic E-state index is 0.0487. The molecular weight excluding hydrogens is 182 g/mol. The highest BCUT2D eigenvalue weighted by atomic mass is 16.6. The zero-order valence-electron chi connectivity index (χ0n) is 7.60. The molecule has 4 nitrogen and oxygen atoms in total. The zero-order chi connectivity index (χ0) is 9.97. The Morgan fingerprint density at radius 3 is 2.71 bits per heavy atom. The van der Waals surface area contributed by atoms with Crippen molar-refractivity contribution in [1.82, 2.24) is 0 Å². The van der Waals surface area contributed by atoms with Crippen LogP contribution in [0.25, 0.3) is 0 Å². The molecule has 0 bridgehead atoms. The van der Waals surface area contributed by atoms with Gasteiger partial charge in [0.05, 0.1) is 0 Å². The van der Waals surface area contributed by atoms with Crippen molar-refractivity contribution in [2.75, 3.05) is 13.2 Å². The van der Waals surface area contributed by atoms with Gasteiger partial charge in [-0.15, -0.1) is 0 Å². The third-order valence-electron chi connectivity index (χ3n) is 2.32. The summed E-state index contributed by atoms with van der Waals surface area (Å²) >= 11 is 0. The van der Waals surface area contributed by atoms with Crippen molar-refractivity contribution in [2.45, 2.75) is 6.04 Å². The van der Waals surface area contributed by atoms with Crippen molar-refractivity contribution in [1.29, 1.82) is 0 Å². The number of cyclic esters (lactones) is 1. The number of quaternary nitrogens is 1. The highest BCUT2D eigenvalue weighted by Gasteiger charge is 2.27. The van der Waals surface area contributed by atoms with Gasteiger partial charge in [0.1, 0.15) is 12.6 Å². The fourth-order valence-corrected chi connectivity index (χ4v) is 1.55. The van der Waals surface area contributed by atoms with Crippen LogP contribution in [-0.2, 0) is 9.53 Å². The van der Waals surface area contributed by atoms with E-state index in [1.54, 1.807) is 0 Å². The molecule has 1 heterocycles. The number of benzene rings is 1. The maximum Gasteiger partial charge on any atom is 0.362 e. The fourth-order valence-electron chi connectivity index (χ4n) is 1.55. The van der Waals surface area contributed by atoms with Gasteiger partial charge in [0.15, 0.2) is 6.54 Å². The average Bonchev–Trinajstić information content (AvgIpc) is 2.19. The van der Waals surface area contributed by atoms with E-state index >= 15 is 0 Å². The largest absolute Gasteiger partial charge is 0.633 e. The van der Waals surface area contributed by atoms with E-state index in [4.69, 9.17) is 4.74 Å². The first-order valence-corrected chi connectivity index (χ1v) is 4.50. The van der Waals surface area contributed by atoms with Crippen molar-refractivity contribution < 1.29 is 14.6 Å². The summed E-state index contributed by atoms with van der Waals surface area (Å²) in [6.07, 6.45) is 0. The average molecular weight is 193 g/mol. The Bertz CT molecular complexity index is 325. The van der Waals surface area contributed by atoms with E-state index in [1.165, 1.54) is 0 Å². The number of carbonyl (C=O) groups is 1. The maximum atomic E-state index is 11.5. The summed E-state index contributed by atoms with van der Waals surface area (Å²) in [5.41, 5.74) is 0.921. The van der Waals surface area contributed by atoms with Crippen LogP contribution in [0, 0.1) is 5.21 Å². The SMILES string of the molecule is O=C1C[NH+]([O-])[C@@H](c2ccccc2)CO1. The van der Waals surface area contributed by atoms with Crippen LogP contribution >= 0.6 is 0 Å². The van der Waals surface area contributed by atoms with Crippen LogP contribution in [0.2, 0.25) is 0 Å². The molecule has 1 N–H and O–H groups in total. The molecule has 2 atom stereocenters. The number of nitrogens with one attached hydrogen (secondary N) is 1. The molecule has 1 unspecified atom stereocenters. The van der Waals surface area contributed by atoms with Gasteiger partial charge >= 0.3 is 5.97 Å². The lowest BCUT2D eigenvalue weighted by atomic mass is 10.1. The van der Waals surface area contributed by atoms with Gasteiger partial charge in [0, 0.05) is 5.56 Å². The van der Waals surface area contributed by atoms with Gasteiger partial charge in [-0.25, -0.2) is 4.79 Å². The highest BCUT2D eigenvalue weighted by molar-refractivity contribution is 5.70. The van der Waals surface area contributed by atoms with Crippen LogP contribution in [-0.4, -0.2) is 19.1 Å². The van der Waals surface area contributed by atoms with E-state index in [2.05, 4.69) is 0 Å². The van der Waals surface area contributed by atoms with Gasteiger partial charge < -0.3 is 15.0 Å². The first-order valence-electron chi connectivity index (χ1n) is 4.50. The molecule has 1 fully saturated rings. The standard InChI is InChI=1S/C10H11NO3/c12-10-6-11(13)9(7-14-10)8-4-2-1-3-5-8/h1-5,9,11H,6-7H2/t9-/m1/s1. The monoisotopic (exact) mass is 193 g/mol. The lowest BCUT2D eigenvalue weighted by Crippen LogP contribution is -3.10. The van der Waals surface area contributed by atoms with Crippen molar-refractivity contribution in [3.05, 3.63) is 41.1 Å². The zero-order valence-corrected chi connectivity index (χ0v) is 7.60. The molecule has 1 aliphatic rings. The predicted octanol–water partition coefficient (Wildman–Crippen LogP) is -0.333. The minimum atomic E-state index is -0.415. The van der Waals surface area contributed by atoms with Crippen molar-refractivity contribution in [3.63, 3.8) is 0 Å². The van der Waals surface area contributed by atoms with E-state index in [0.29, 0.717) is 0 Å². The summed E-state index contributed by atoms with van der Waals surface area (Å²) < 4.78 is 4.86. The van der Waals surface area contributed by atoms with E-state index < -0.39 is 5.97 Å². The van der Waals surface area contributed by atoms with Gasteiger partial charge in [-0.2, -0.15) is 0 Å². The number of ether oxygens (including phenoxy) is 1. The number of morpholine rings is 1. The van der Waals surface area contributed by atoms with Crippen LogP contribution in [0.3, 0.4) is 0 Å². The Labute approximate surface area is 81.7 Å². The second-order valence-corrected chi connectivity index (χ2v) is 3.29. The minimum Gasteiger partial charge on any atom is -0.633 e. The third-order valence-corrected chi connectivity index (χ3v) is 2.32. The van der Waals surface area contributed by atoms with E-state index in [1.807, 2.05) is 30.3 Å². The predicted molar refractivity (Wildman–Crippen MR) is 49.3 cm³/mol. The molecule has 1 aromatic rings. The summed E-state index contributed by atoms with van der Waals surface area (Å²) in [6, 6.07) is 9.12. The molecule has 0 aliphatic carbocycles. The quantitative estimate of drug-likeness (QED) is 0.490. The van der Waals surface area contributed by atoms with Crippen molar-refractivity contribution in [3.8, 4) is 0 Å². The first-order chi connectivity index (χ1) is 6.77. The molecule has 0 aromatic heterocycles. The molecular formula is C10H11NO3. The smallest absolute Gasteiger partial charge is 0.362 e. The highest BCUT2D eigenvalue weighted by Crippen LogP contribution is 2.11. The summed E-state index contributed by atoms with van der Waals surface area (Å²) in [5.74, 6) is -0.415. The molecule has 2 rings (SSSR count). The summed E-state index contributed by atoms with van der Waals surface area (Å²) in [7, 11) is 0. The Hall–Kier alpha value is -1.39. The van der Waals surface area contributed by atoms with Crippen LogP contribution in [0.15, 0.2) is 30.3 Å². The molecule has 0 radical (unpaired) electrons. The molecule has 74 valence electrons. The molecule has 1 saturated heterocycles. The molecule has 0 spiro atoms. The van der Waals surface area contributed by atoms with Crippen LogP contribution < -0.4 is 5.06 Å². The van der Waals surface area contributed by atoms with Gasteiger partial charge in [-0.05, 0) is 0 Å². The van der Waals surface area contributed by atoms with Crippen molar-refractivity contribution >= 4 is 5.97 Å². The van der Waals surface area contributed by atoms with Gasteiger partial charge in [-0.1, -0.05) is 30.3 Å². The number of esters is 1. The van der Waals surface area contributed by atoms with Gasteiger partial charge in [0.25, 0.3) is 0 Å². The Balaban J connectivity index is 2.16. The van der Waals surface area contributed by atoms with E-state index in [0.717, 1.165) is 5.56 Å². The number of rotatable bonds is 1. The topological polar surface area (TPSA) is 53.8 Å². The third kappa shape index (κ3) is 1.76. The molecule has 1 aromatic carbocycles. The van der Waals surface area contributed by atoms with E-state index in [9.17, 15) is 10.0 Å². The van der Waals surface area contributed by atoms with Gasteiger partial charge in [0.2, 0.25) is 0 Å². The van der Waals surface area contributed by atoms with Crippen molar-refractivity contribution in [2.24, 2.45) is 0 Å². The number of hydroxylamine groups is 2. The summed E-state index contributed by atoms with van der Waals surface area (Å²) in [6.45, 7) is 0.0846. The molecule has 4 heteroatoms. The lowest BCUT2D eigenvalue weighted by molar-refractivity contribution is -0.880. The lowest BCUT2D eigenvalue weighted by Gasteiger charge is -2.34. The van der Waals surface area contributed by atoms with Crippen LogP contribution in [0.5, 0.6) is 0 Å². The molecule has 14 heavy (non-hydrogen) atoms. The fraction of sp³-hybridized carbons (Fsp3) is 0.300. The Kier molecular flexibility index (Phi) is 2.47. The number of hydrogen-bond donors (Lipinski definition) is 1. The number of carbonyl (C=O) groups excluding carboxylic acids is 1. The summed E-state index contributed by atoms with van der Waals surface area (Å²) in [5, 5.41) is 11.5. The first kappa shape index (κ1) is 9.18. The molecule has 0 saturated carbocycles. The Morgan fingerprint density at radius 1 is 1.36 bits per heavy atom. The second-order valence-electron chi connectivity index (χ2n) is 3.29.